The van der Waals surface area contributed by atoms with Crippen LogP contribution in [0.5, 0.6) is 0 Å². The van der Waals surface area contributed by atoms with Crippen molar-refractivity contribution in [3.63, 3.8) is 0 Å². The molecule has 1 unspecified atom stereocenters. The summed E-state index contributed by atoms with van der Waals surface area (Å²) in [5, 5.41) is 3.29. The molecule has 1 aliphatic rings. The van der Waals surface area contributed by atoms with Crippen molar-refractivity contribution in [1.82, 2.24) is 10.2 Å². The number of piperidine rings is 1. The maximum absolute atomic E-state index is 4.14. The van der Waals surface area contributed by atoms with Crippen LogP contribution in [0.25, 0.3) is 6.08 Å². The standard InChI is InChI=1S/C18H24N2/c1-6-16-9-7-13(2)11-17(16)12-20(5)18-10-8-14(3)19-15(18)4/h6-7,9,11,18-19H,1,3-4,8,10,12H2,2,5H3. The van der Waals surface area contributed by atoms with E-state index in [1.165, 1.54) is 16.7 Å². The second-order valence-corrected chi connectivity index (χ2v) is 5.63. The molecule has 20 heavy (non-hydrogen) atoms. The fourth-order valence-electron chi connectivity index (χ4n) is 2.79. The minimum Gasteiger partial charge on any atom is -0.362 e. The summed E-state index contributed by atoms with van der Waals surface area (Å²) in [6.45, 7) is 15.0. The second-order valence-electron chi connectivity index (χ2n) is 5.63. The van der Waals surface area contributed by atoms with E-state index in [0.29, 0.717) is 6.04 Å². The highest BCUT2D eigenvalue weighted by molar-refractivity contribution is 5.52. The van der Waals surface area contributed by atoms with E-state index >= 15 is 0 Å². The zero-order valence-electron chi connectivity index (χ0n) is 12.6. The van der Waals surface area contributed by atoms with Crippen molar-refractivity contribution in [3.8, 4) is 0 Å². The molecule has 2 heteroatoms. The Morgan fingerprint density at radius 2 is 2.15 bits per heavy atom. The van der Waals surface area contributed by atoms with Crippen LogP contribution in [0.3, 0.4) is 0 Å². The zero-order valence-corrected chi connectivity index (χ0v) is 12.6. The molecule has 0 spiro atoms. The van der Waals surface area contributed by atoms with E-state index in [-0.39, 0.29) is 0 Å². The van der Waals surface area contributed by atoms with Crippen LogP contribution in [-0.4, -0.2) is 18.0 Å². The Bertz CT molecular complexity index is 542. The zero-order chi connectivity index (χ0) is 14.7. The molecule has 1 atom stereocenters. The number of aryl methyl sites for hydroxylation is 1. The molecule has 0 radical (unpaired) electrons. The molecule has 0 aromatic heterocycles. The van der Waals surface area contributed by atoms with E-state index in [4.69, 9.17) is 0 Å². The lowest BCUT2D eigenvalue weighted by Crippen LogP contribution is -2.40. The third kappa shape index (κ3) is 3.20. The van der Waals surface area contributed by atoms with Gasteiger partial charge in [-0.2, -0.15) is 0 Å². The van der Waals surface area contributed by atoms with E-state index in [1.54, 1.807) is 0 Å². The van der Waals surface area contributed by atoms with E-state index in [9.17, 15) is 0 Å². The Hall–Kier alpha value is -1.80. The maximum Gasteiger partial charge on any atom is 0.0496 e. The Kier molecular flexibility index (Phi) is 4.46. The first-order valence-electron chi connectivity index (χ1n) is 7.07. The monoisotopic (exact) mass is 268 g/mol. The number of nitrogens with zero attached hydrogens (tertiary/aromatic N) is 1. The largest absolute Gasteiger partial charge is 0.362 e. The predicted octanol–water partition coefficient (Wildman–Crippen LogP) is 3.85. The topological polar surface area (TPSA) is 15.3 Å². The number of likely N-dealkylation sites (N-methyl/N-ethyl adjacent to an activating group) is 1. The van der Waals surface area contributed by atoms with E-state index in [1.807, 2.05) is 6.08 Å². The van der Waals surface area contributed by atoms with Gasteiger partial charge in [0.2, 0.25) is 0 Å². The quantitative estimate of drug-likeness (QED) is 0.892. The lowest BCUT2D eigenvalue weighted by Gasteiger charge is -2.35. The molecule has 1 saturated heterocycles. The molecule has 1 aromatic carbocycles. The summed E-state index contributed by atoms with van der Waals surface area (Å²) in [5.74, 6) is 0. The minimum absolute atomic E-state index is 0.360. The summed E-state index contributed by atoms with van der Waals surface area (Å²) in [5.41, 5.74) is 5.94. The number of hydrogen-bond acceptors (Lipinski definition) is 2. The van der Waals surface area contributed by atoms with Crippen LogP contribution in [0.4, 0.5) is 0 Å². The summed E-state index contributed by atoms with van der Waals surface area (Å²) in [7, 11) is 2.15. The number of benzene rings is 1. The molecule has 1 N–H and O–H groups in total. The Morgan fingerprint density at radius 3 is 2.80 bits per heavy atom. The van der Waals surface area contributed by atoms with Crippen molar-refractivity contribution < 1.29 is 0 Å². The van der Waals surface area contributed by atoms with Crippen molar-refractivity contribution in [2.45, 2.75) is 32.4 Å². The minimum atomic E-state index is 0.360. The molecule has 2 rings (SSSR count). The van der Waals surface area contributed by atoms with Crippen LogP contribution >= 0.6 is 0 Å². The van der Waals surface area contributed by atoms with E-state index in [0.717, 1.165) is 30.8 Å². The van der Waals surface area contributed by atoms with Gasteiger partial charge in [-0.25, -0.2) is 0 Å². The first-order valence-corrected chi connectivity index (χ1v) is 7.07. The summed E-state index contributed by atoms with van der Waals surface area (Å²) in [6, 6.07) is 6.87. The molecule has 2 nitrogen and oxygen atoms in total. The Balaban J connectivity index is 2.13. The van der Waals surface area contributed by atoms with Gasteiger partial charge in [-0.15, -0.1) is 0 Å². The van der Waals surface area contributed by atoms with Crippen LogP contribution in [0, 0.1) is 6.92 Å². The molecule has 0 bridgehead atoms. The molecule has 106 valence electrons. The summed E-state index contributed by atoms with van der Waals surface area (Å²) < 4.78 is 0. The van der Waals surface area contributed by atoms with Crippen LogP contribution in [0.2, 0.25) is 0 Å². The lowest BCUT2D eigenvalue weighted by molar-refractivity contribution is 0.235. The van der Waals surface area contributed by atoms with Crippen molar-refractivity contribution in [1.29, 1.82) is 0 Å². The fraction of sp³-hybridized carbons (Fsp3) is 0.333. The van der Waals surface area contributed by atoms with Gasteiger partial charge >= 0.3 is 0 Å². The third-order valence-corrected chi connectivity index (χ3v) is 3.93. The Labute approximate surface area is 122 Å². The molecule has 1 fully saturated rings. The van der Waals surface area contributed by atoms with Crippen molar-refractivity contribution in [2.75, 3.05) is 7.05 Å². The van der Waals surface area contributed by atoms with Crippen molar-refractivity contribution in [3.05, 3.63) is 66.0 Å². The van der Waals surface area contributed by atoms with Gasteiger partial charge in [0.1, 0.15) is 0 Å². The van der Waals surface area contributed by atoms with Crippen LogP contribution in [0.1, 0.15) is 29.5 Å². The summed E-state index contributed by atoms with van der Waals surface area (Å²) >= 11 is 0. The highest BCUT2D eigenvalue weighted by atomic mass is 15.2. The molecule has 1 heterocycles. The van der Waals surface area contributed by atoms with Gasteiger partial charge in [0.15, 0.2) is 0 Å². The van der Waals surface area contributed by atoms with Gasteiger partial charge < -0.3 is 5.32 Å². The first-order chi connectivity index (χ1) is 9.51. The lowest BCUT2D eigenvalue weighted by atomic mass is 9.99. The van der Waals surface area contributed by atoms with Crippen LogP contribution in [-0.2, 0) is 6.54 Å². The van der Waals surface area contributed by atoms with Gasteiger partial charge in [-0.3, -0.25) is 4.90 Å². The van der Waals surface area contributed by atoms with Crippen LogP contribution in [0.15, 0.2) is 49.3 Å². The van der Waals surface area contributed by atoms with Gasteiger partial charge in [0.05, 0.1) is 0 Å². The smallest absolute Gasteiger partial charge is 0.0496 e. The number of allylic oxidation sites excluding steroid dienone is 1. The molecule has 0 amide bonds. The number of hydrogen-bond donors (Lipinski definition) is 1. The first kappa shape index (κ1) is 14.6. The number of rotatable bonds is 4. The molecule has 1 aromatic rings. The SMILES string of the molecule is C=Cc1ccc(C)cc1CN(C)C1CCC(=C)NC1=C. The average Bonchev–Trinajstić information content (AvgIpc) is 2.38. The van der Waals surface area contributed by atoms with Gasteiger partial charge in [-0.1, -0.05) is 49.6 Å². The molecular formula is C18H24N2. The highest BCUT2D eigenvalue weighted by Gasteiger charge is 2.23. The van der Waals surface area contributed by atoms with Gasteiger partial charge in [0.25, 0.3) is 0 Å². The predicted molar refractivity (Wildman–Crippen MR) is 87.2 cm³/mol. The summed E-state index contributed by atoms with van der Waals surface area (Å²) in [6.07, 6.45) is 4.02. The van der Waals surface area contributed by atoms with E-state index < -0.39 is 0 Å². The molecular weight excluding hydrogens is 244 g/mol. The third-order valence-electron chi connectivity index (χ3n) is 3.93. The van der Waals surface area contributed by atoms with E-state index in [2.05, 4.69) is 62.1 Å². The van der Waals surface area contributed by atoms with Crippen molar-refractivity contribution in [2.24, 2.45) is 0 Å². The fourth-order valence-corrected chi connectivity index (χ4v) is 2.79. The molecule has 0 aliphatic carbocycles. The van der Waals surface area contributed by atoms with Crippen LogP contribution < -0.4 is 5.32 Å². The Morgan fingerprint density at radius 1 is 1.40 bits per heavy atom. The van der Waals surface area contributed by atoms with Gasteiger partial charge in [-0.05, 0) is 37.9 Å². The second kappa shape index (κ2) is 6.10. The van der Waals surface area contributed by atoms with Gasteiger partial charge in [0, 0.05) is 24.0 Å². The average molecular weight is 268 g/mol. The normalized spacial score (nSPS) is 19.1. The summed E-state index contributed by atoms with van der Waals surface area (Å²) in [4.78, 5) is 2.35. The molecule has 0 saturated carbocycles. The van der Waals surface area contributed by atoms with Crippen molar-refractivity contribution >= 4 is 6.08 Å². The number of nitrogens with one attached hydrogen (secondary N) is 1. The molecule has 1 aliphatic heterocycles. The maximum atomic E-state index is 4.14. The highest BCUT2D eigenvalue weighted by Crippen LogP contribution is 2.23.